The molecule has 138 heavy (non-hydrogen) atoms. The van der Waals surface area contributed by atoms with Crippen molar-refractivity contribution in [3.63, 3.8) is 0 Å². The first-order valence-electron chi connectivity index (χ1n) is 45.3. The fourth-order valence-corrected chi connectivity index (χ4v) is 14.6. The second-order valence-corrected chi connectivity index (χ2v) is 38.0. The standard InChI is InChI=1S/C30H31FN2O2.C28H27F2N3O2.2C28H26F2N2O2/c1-20-10-13-23(14-11-20)33-24(18-29(32-33)30(3,4)5)17-25(34)16-22-12-15-26(19-27(22)31)35-28-9-7-6-8-21(28)2;1-18-12-25(10-11-31-18)35-24-9-8-19(26(30)17-24)13-23(34)15-22-16-27(28(2,3)4)32-33(22)21-7-5-6-20(29)14-21;1-28(2,3)27-17-22(32(31-27)21-9-7-8-20(29)15-21)16-23(33)14-19-12-13-25(18-26(19)30)34-24-10-5-4-6-11-24;1-28(2,3)27-17-22(32(31-27)21-12-10-20(29)11-13-21)16-23(33)15-19-9-14-25(18-26(19)30)34-24-7-5-4-6-8-24/h6-15,18-19H,16-17H2,1-5H3;5-12,14,16-17H,13,15H2,1-4H3;4-13,15,17-18H,14,16H2,1-3H3;4-14,17-18H,15-16H2,1-3H3. The van der Waals surface area contributed by atoms with E-state index in [1.54, 1.807) is 142 Å². The Kier molecular flexibility index (Phi) is 32.0. The zero-order chi connectivity index (χ0) is 98.9. The number of aromatic nitrogens is 9. The van der Waals surface area contributed by atoms with Gasteiger partial charge in [-0.2, -0.15) is 20.4 Å². The minimum atomic E-state index is -0.518. The van der Waals surface area contributed by atoms with Gasteiger partial charge in [0.2, 0.25) is 0 Å². The first-order chi connectivity index (χ1) is 65.5. The Labute approximate surface area is 800 Å². The molecule has 0 atom stereocenters. The number of aryl methyl sites for hydroxylation is 3. The molecule has 0 aliphatic rings. The average Bonchev–Trinajstić information content (AvgIpc) is 1.66. The molecule has 24 heteroatoms. The summed E-state index contributed by atoms with van der Waals surface area (Å²) in [5.41, 5.74) is 11.9. The second kappa shape index (κ2) is 44.1. The largest absolute Gasteiger partial charge is 0.457 e. The van der Waals surface area contributed by atoms with Gasteiger partial charge in [-0.15, -0.1) is 0 Å². The number of carbonyl (C=O) groups excluding carboxylic acids is 4. The minimum Gasteiger partial charge on any atom is -0.457 e. The van der Waals surface area contributed by atoms with Crippen LogP contribution in [0.5, 0.6) is 46.0 Å². The highest BCUT2D eigenvalue weighted by molar-refractivity contribution is 5.85. The third-order valence-electron chi connectivity index (χ3n) is 22.2. The van der Waals surface area contributed by atoms with Crippen molar-refractivity contribution in [2.24, 2.45) is 0 Å². The van der Waals surface area contributed by atoms with Crippen molar-refractivity contribution in [3.05, 3.63) is 423 Å². The normalized spacial score (nSPS) is 11.5. The molecule has 17 nitrogen and oxygen atoms in total. The topological polar surface area (TPSA) is 189 Å². The quantitative estimate of drug-likeness (QED) is 0.0422. The molecule has 0 spiro atoms. The van der Waals surface area contributed by atoms with Crippen LogP contribution in [0.2, 0.25) is 0 Å². The summed E-state index contributed by atoms with van der Waals surface area (Å²) in [5, 5.41) is 18.7. The Morgan fingerprint density at radius 2 is 0.572 bits per heavy atom. The summed E-state index contributed by atoms with van der Waals surface area (Å²) < 4.78 is 130. The van der Waals surface area contributed by atoms with E-state index >= 15 is 0 Å². The van der Waals surface area contributed by atoms with Crippen LogP contribution in [0.3, 0.4) is 0 Å². The average molecular weight is 1870 g/mol. The molecule has 0 saturated heterocycles. The lowest BCUT2D eigenvalue weighted by Gasteiger charge is -2.14. The van der Waals surface area contributed by atoms with Gasteiger partial charge in [0, 0.05) is 115 Å². The molecule has 0 radical (unpaired) electrons. The number of hydrogen-bond acceptors (Lipinski definition) is 13. The van der Waals surface area contributed by atoms with Crippen LogP contribution in [0.4, 0.5) is 30.7 Å². The molecule has 0 fully saturated rings. The van der Waals surface area contributed by atoms with Crippen molar-refractivity contribution >= 4 is 23.1 Å². The Balaban J connectivity index is 0.000000155. The zero-order valence-electron chi connectivity index (χ0n) is 79.9. The number of hydrogen-bond donors (Lipinski definition) is 0. The molecule has 5 aromatic heterocycles. The van der Waals surface area contributed by atoms with E-state index in [-0.39, 0.29) is 119 Å². The van der Waals surface area contributed by atoms with Gasteiger partial charge in [0.1, 0.15) is 110 Å². The van der Waals surface area contributed by atoms with Crippen LogP contribution in [0, 0.1) is 61.5 Å². The molecule has 0 N–H and O–H groups in total. The molecule has 0 unspecified atom stereocenters. The highest BCUT2D eigenvalue weighted by atomic mass is 19.2. The van der Waals surface area contributed by atoms with Crippen molar-refractivity contribution in [2.45, 2.75) is 177 Å². The van der Waals surface area contributed by atoms with Crippen molar-refractivity contribution in [3.8, 4) is 68.7 Å². The Hall–Kier alpha value is -15.2. The maximum atomic E-state index is 14.8. The highest BCUT2D eigenvalue weighted by Gasteiger charge is 2.29. The third kappa shape index (κ3) is 27.8. The maximum absolute atomic E-state index is 14.8. The molecular weight excluding hydrogens is 1760 g/mol. The molecule has 5 heterocycles. The number of rotatable bonds is 28. The van der Waals surface area contributed by atoms with Crippen molar-refractivity contribution in [1.29, 1.82) is 0 Å². The zero-order valence-corrected chi connectivity index (χ0v) is 79.9. The summed E-state index contributed by atoms with van der Waals surface area (Å²) in [6.07, 6.45) is 1.72. The third-order valence-corrected chi connectivity index (χ3v) is 22.2. The lowest BCUT2D eigenvalue weighted by atomic mass is 9.92. The van der Waals surface area contributed by atoms with Crippen molar-refractivity contribution in [1.82, 2.24) is 44.1 Å². The van der Waals surface area contributed by atoms with Gasteiger partial charge in [-0.3, -0.25) is 24.2 Å². The predicted molar refractivity (Wildman–Crippen MR) is 522 cm³/mol. The Morgan fingerprint density at radius 1 is 0.268 bits per heavy atom. The van der Waals surface area contributed by atoms with E-state index in [0.29, 0.717) is 96.8 Å². The van der Waals surface area contributed by atoms with E-state index in [9.17, 15) is 49.9 Å². The molecule has 0 aliphatic heterocycles. The summed E-state index contributed by atoms with van der Waals surface area (Å²) in [4.78, 5) is 55.9. The van der Waals surface area contributed by atoms with Crippen LogP contribution >= 0.6 is 0 Å². The maximum Gasteiger partial charge on any atom is 0.143 e. The van der Waals surface area contributed by atoms with Gasteiger partial charge in [-0.1, -0.05) is 192 Å². The molecule has 11 aromatic carbocycles. The van der Waals surface area contributed by atoms with Gasteiger partial charge in [0.05, 0.1) is 68.3 Å². The number of Topliss-reactive ketones (excluding diaryl/α,β-unsaturated/α-hetero) is 4. The minimum absolute atomic E-state index is 0.000404. The van der Waals surface area contributed by atoms with Crippen LogP contribution in [-0.4, -0.2) is 67.2 Å². The fraction of sp³-hybridized carbons (Fsp3) is 0.237. The van der Waals surface area contributed by atoms with Gasteiger partial charge in [-0.05, 0) is 206 Å². The molecule has 16 rings (SSSR count). The fourth-order valence-electron chi connectivity index (χ4n) is 14.6. The van der Waals surface area contributed by atoms with Crippen LogP contribution in [0.15, 0.2) is 297 Å². The Bertz CT molecular complexity index is 6980. The number of halogens is 7. The van der Waals surface area contributed by atoms with Gasteiger partial charge in [0.15, 0.2) is 0 Å². The number of ketones is 4. The first kappa shape index (κ1) is 100. The monoisotopic (exact) mass is 1870 g/mol. The van der Waals surface area contributed by atoms with Gasteiger partial charge < -0.3 is 18.9 Å². The second-order valence-electron chi connectivity index (χ2n) is 38.0. The highest BCUT2D eigenvalue weighted by Crippen LogP contribution is 2.35. The SMILES string of the molecule is CC(C)(C)c1cc(CC(=O)Cc2ccc(Oc3ccccc3)cc2F)n(-c2ccc(F)cc2)n1.CC(C)(C)c1cc(CC(=O)Cc2ccc(Oc3ccccc3)cc2F)n(-c2cccc(F)c2)n1.Cc1cc(Oc2ccc(CC(=O)Cc3cc(C(C)(C)C)nn3-c3cccc(F)c3)c(F)c2)ccn1.Cc1ccc(-n2nc(C(C)(C)C)cc2CC(=O)Cc2ccc(Oc3ccccc3C)cc2F)cc1. The van der Waals surface area contributed by atoms with Crippen LogP contribution in [0.25, 0.3) is 22.7 Å². The van der Waals surface area contributed by atoms with Crippen LogP contribution in [0.1, 0.15) is 168 Å². The van der Waals surface area contributed by atoms with Crippen molar-refractivity contribution in [2.75, 3.05) is 0 Å². The molecule has 708 valence electrons. The van der Waals surface area contributed by atoms with Crippen LogP contribution < -0.4 is 18.9 Å². The predicted octanol–water partition coefficient (Wildman–Crippen LogP) is 26.6. The van der Waals surface area contributed by atoms with E-state index in [2.05, 4.69) is 41.1 Å². The smallest absolute Gasteiger partial charge is 0.143 e. The van der Waals surface area contributed by atoms with E-state index in [0.717, 1.165) is 51.0 Å². The lowest BCUT2D eigenvalue weighted by molar-refractivity contribution is -0.118. The summed E-state index contributed by atoms with van der Waals surface area (Å²) in [5.74, 6) is 0.227. The van der Waals surface area contributed by atoms with Gasteiger partial charge >= 0.3 is 0 Å². The van der Waals surface area contributed by atoms with Gasteiger partial charge in [-0.25, -0.2) is 49.5 Å². The summed E-state index contributed by atoms with van der Waals surface area (Å²) in [6, 6.07) is 81.0. The summed E-state index contributed by atoms with van der Waals surface area (Å²) >= 11 is 0. The van der Waals surface area contributed by atoms with E-state index in [1.165, 1.54) is 60.7 Å². The number of ether oxygens (including phenoxy) is 4. The Morgan fingerprint density at radius 3 is 0.891 bits per heavy atom. The number of benzene rings is 11. The molecule has 0 bridgehead atoms. The number of pyridine rings is 1. The number of para-hydroxylation sites is 3. The lowest BCUT2D eigenvalue weighted by Crippen LogP contribution is -2.13. The molecule has 0 aliphatic carbocycles. The summed E-state index contributed by atoms with van der Waals surface area (Å²) in [7, 11) is 0. The summed E-state index contributed by atoms with van der Waals surface area (Å²) in [6.45, 7) is 30.3. The molecular formula is C114H110F7N9O8. The van der Waals surface area contributed by atoms with Crippen molar-refractivity contribution < 1.29 is 68.9 Å². The molecule has 0 amide bonds. The number of carbonyl (C=O) groups is 4. The van der Waals surface area contributed by atoms with E-state index in [1.807, 2.05) is 197 Å². The van der Waals surface area contributed by atoms with E-state index in [4.69, 9.17) is 24.0 Å². The van der Waals surface area contributed by atoms with E-state index < -0.39 is 23.3 Å². The van der Waals surface area contributed by atoms with Gasteiger partial charge in [0.25, 0.3) is 0 Å². The first-order valence-corrected chi connectivity index (χ1v) is 45.3. The molecule has 16 aromatic rings. The molecule has 0 saturated carbocycles. The van der Waals surface area contributed by atoms with Crippen LogP contribution in [-0.2, 0) is 92.2 Å². The number of nitrogens with zero attached hydrogens (tertiary/aromatic N) is 9.